The zero-order valence-electron chi connectivity index (χ0n) is 10.7. The maximum atomic E-state index is 12.4. The molecule has 0 unspecified atom stereocenters. The van der Waals surface area contributed by atoms with Crippen molar-refractivity contribution in [3.05, 3.63) is 0 Å². The van der Waals surface area contributed by atoms with Gasteiger partial charge in [-0.1, -0.05) is 12.1 Å². The Morgan fingerprint density at radius 2 is 2.06 bits per heavy atom. The summed E-state index contributed by atoms with van der Waals surface area (Å²) in [6.07, 6.45) is 2.96. The lowest BCUT2D eigenvalue weighted by molar-refractivity contribution is -0.133. The quantitative estimate of drug-likeness (QED) is 0.295. The number of ether oxygens (including phenoxy) is 1. The van der Waals surface area contributed by atoms with Crippen LogP contribution in [0.25, 0.3) is 0 Å². The molecule has 0 spiro atoms. The van der Waals surface area contributed by atoms with Crippen molar-refractivity contribution < 1.29 is 14.7 Å². The number of carbonyl (C=O) groups excluding carboxylic acids is 1. The molecule has 1 saturated heterocycles. The van der Waals surface area contributed by atoms with Gasteiger partial charge in [-0.15, -0.1) is 0 Å². The number of oxime groups is 1. The van der Waals surface area contributed by atoms with Crippen LogP contribution in [0.5, 0.6) is 0 Å². The van der Waals surface area contributed by atoms with Gasteiger partial charge in [-0.2, -0.15) is 0 Å². The summed E-state index contributed by atoms with van der Waals surface area (Å²) in [5, 5.41) is 14.9. The molecule has 2 rings (SSSR count). The Balaban J connectivity index is 2.06. The number of carbonyl (C=O) groups is 1. The summed E-state index contributed by atoms with van der Waals surface area (Å²) in [5.74, 6) is 0.540. The second-order valence-electron chi connectivity index (χ2n) is 5.43. The minimum Gasteiger partial charge on any atom is -0.409 e. The zero-order chi connectivity index (χ0) is 13.2. The van der Waals surface area contributed by atoms with Crippen LogP contribution in [-0.4, -0.2) is 36.2 Å². The third-order valence-electron chi connectivity index (χ3n) is 4.09. The van der Waals surface area contributed by atoms with Gasteiger partial charge in [0.25, 0.3) is 0 Å². The largest absolute Gasteiger partial charge is 0.409 e. The Hall–Kier alpha value is -1.30. The van der Waals surface area contributed by atoms with Crippen molar-refractivity contribution in [2.45, 2.75) is 38.6 Å². The Morgan fingerprint density at radius 3 is 2.56 bits per heavy atom. The summed E-state index contributed by atoms with van der Waals surface area (Å²) in [5.41, 5.74) is 4.83. The highest BCUT2D eigenvalue weighted by Gasteiger charge is 2.45. The molecule has 18 heavy (non-hydrogen) atoms. The third-order valence-corrected chi connectivity index (χ3v) is 4.09. The van der Waals surface area contributed by atoms with Crippen molar-refractivity contribution in [2.24, 2.45) is 22.2 Å². The van der Waals surface area contributed by atoms with E-state index in [9.17, 15) is 4.79 Å². The Bertz CT molecular complexity index is 344. The van der Waals surface area contributed by atoms with E-state index in [1.165, 1.54) is 0 Å². The van der Waals surface area contributed by atoms with Gasteiger partial charge in [0.05, 0.1) is 0 Å². The number of nitrogens with two attached hydrogens (primary N) is 1. The molecule has 1 aliphatic heterocycles. The average Bonchev–Trinajstić information content (AvgIpc) is 2.36. The molecule has 0 radical (unpaired) electrons. The van der Waals surface area contributed by atoms with E-state index < -0.39 is 5.41 Å². The van der Waals surface area contributed by atoms with Gasteiger partial charge in [0, 0.05) is 19.3 Å². The number of amidine groups is 1. The first kappa shape index (κ1) is 13.1. The number of hydrogen-bond acceptors (Lipinski definition) is 4. The predicted molar refractivity (Wildman–Crippen MR) is 66.2 cm³/mol. The molecular formula is C12H21N3O3. The molecule has 0 bridgehead atoms. The van der Waals surface area contributed by atoms with Crippen molar-refractivity contribution in [3.63, 3.8) is 0 Å². The van der Waals surface area contributed by atoms with Crippen molar-refractivity contribution in [1.82, 2.24) is 5.32 Å². The molecular weight excluding hydrogens is 234 g/mol. The van der Waals surface area contributed by atoms with Crippen LogP contribution in [-0.2, 0) is 9.53 Å². The van der Waals surface area contributed by atoms with Gasteiger partial charge in [0.2, 0.25) is 5.91 Å². The second-order valence-corrected chi connectivity index (χ2v) is 5.43. The highest BCUT2D eigenvalue weighted by atomic mass is 16.5. The number of hydrogen-bond donors (Lipinski definition) is 3. The van der Waals surface area contributed by atoms with E-state index in [-0.39, 0.29) is 17.8 Å². The fourth-order valence-electron chi connectivity index (χ4n) is 2.76. The summed E-state index contributed by atoms with van der Waals surface area (Å²) < 4.78 is 5.26. The first-order valence-electron chi connectivity index (χ1n) is 6.45. The van der Waals surface area contributed by atoms with Crippen LogP contribution in [0, 0.1) is 11.3 Å². The van der Waals surface area contributed by atoms with Crippen LogP contribution in [0.2, 0.25) is 0 Å². The van der Waals surface area contributed by atoms with Crippen molar-refractivity contribution >= 4 is 11.7 Å². The molecule has 1 saturated carbocycles. The molecule has 1 amide bonds. The molecule has 6 heteroatoms. The number of nitrogens with one attached hydrogen (secondary N) is 1. The van der Waals surface area contributed by atoms with Crippen LogP contribution >= 0.6 is 0 Å². The van der Waals surface area contributed by atoms with E-state index >= 15 is 0 Å². The Kier molecular flexibility index (Phi) is 3.75. The number of nitrogens with zero attached hydrogens (tertiary/aromatic N) is 1. The molecule has 0 aromatic carbocycles. The van der Waals surface area contributed by atoms with Gasteiger partial charge < -0.3 is 21.0 Å². The lowest BCUT2D eigenvalue weighted by Gasteiger charge is -2.39. The number of rotatable bonds is 3. The molecule has 6 nitrogen and oxygen atoms in total. The van der Waals surface area contributed by atoms with Crippen LogP contribution in [0.1, 0.15) is 32.6 Å². The van der Waals surface area contributed by atoms with E-state index in [4.69, 9.17) is 15.7 Å². The summed E-state index contributed by atoms with van der Waals surface area (Å²) >= 11 is 0. The van der Waals surface area contributed by atoms with Gasteiger partial charge in [-0.3, -0.25) is 4.79 Å². The smallest absolute Gasteiger partial charge is 0.234 e. The normalized spacial score (nSPS) is 31.5. The monoisotopic (exact) mass is 255 g/mol. The standard InChI is InChI=1S/C12H21N3O3/c1-8-6-9(7-8)14-11(16)12(10(13)15-17)2-4-18-5-3-12/h8-9,17H,2-7H2,1H3,(H2,13,15)(H,14,16). The zero-order valence-corrected chi connectivity index (χ0v) is 10.7. The second kappa shape index (κ2) is 5.14. The summed E-state index contributed by atoms with van der Waals surface area (Å²) in [6.45, 7) is 3.09. The molecule has 0 aromatic heterocycles. The average molecular weight is 255 g/mol. The molecule has 2 aliphatic rings. The molecule has 1 heterocycles. The van der Waals surface area contributed by atoms with Crippen molar-refractivity contribution in [2.75, 3.05) is 13.2 Å². The lowest BCUT2D eigenvalue weighted by atomic mass is 9.76. The van der Waals surface area contributed by atoms with Crippen molar-refractivity contribution in [1.29, 1.82) is 0 Å². The summed E-state index contributed by atoms with van der Waals surface area (Å²) in [7, 11) is 0. The Labute approximate surface area is 107 Å². The van der Waals surface area contributed by atoms with Crippen LogP contribution in [0.3, 0.4) is 0 Å². The van der Waals surface area contributed by atoms with Gasteiger partial charge in [0.15, 0.2) is 5.84 Å². The predicted octanol–water partition coefficient (Wildman–Crippen LogP) is 0.444. The van der Waals surface area contributed by atoms with E-state index in [2.05, 4.69) is 17.4 Å². The molecule has 102 valence electrons. The summed E-state index contributed by atoms with van der Waals surface area (Å²) in [4.78, 5) is 12.4. The molecule has 4 N–H and O–H groups in total. The van der Waals surface area contributed by atoms with E-state index in [1.54, 1.807) is 0 Å². The van der Waals surface area contributed by atoms with Crippen molar-refractivity contribution in [3.8, 4) is 0 Å². The van der Waals surface area contributed by atoms with Gasteiger partial charge in [0.1, 0.15) is 5.41 Å². The topological polar surface area (TPSA) is 96.9 Å². The first-order valence-corrected chi connectivity index (χ1v) is 6.45. The minimum absolute atomic E-state index is 0.00401. The Morgan fingerprint density at radius 1 is 1.44 bits per heavy atom. The van der Waals surface area contributed by atoms with Crippen LogP contribution < -0.4 is 11.1 Å². The fourth-order valence-corrected chi connectivity index (χ4v) is 2.76. The highest BCUT2D eigenvalue weighted by Crippen LogP contribution is 2.33. The minimum atomic E-state index is -0.897. The van der Waals surface area contributed by atoms with E-state index in [1.807, 2.05) is 0 Å². The molecule has 0 aromatic rings. The lowest BCUT2D eigenvalue weighted by Crippen LogP contribution is -2.56. The highest BCUT2D eigenvalue weighted by molar-refractivity contribution is 6.07. The van der Waals surface area contributed by atoms with E-state index in [0.717, 1.165) is 12.8 Å². The van der Waals surface area contributed by atoms with Gasteiger partial charge >= 0.3 is 0 Å². The molecule has 1 aliphatic carbocycles. The summed E-state index contributed by atoms with van der Waals surface area (Å²) in [6, 6.07) is 0.235. The molecule has 2 fully saturated rings. The fraction of sp³-hybridized carbons (Fsp3) is 0.833. The van der Waals surface area contributed by atoms with Gasteiger partial charge in [-0.05, 0) is 31.6 Å². The van der Waals surface area contributed by atoms with Crippen LogP contribution in [0.15, 0.2) is 5.16 Å². The maximum absolute atomic E-state index is 12.4. The maximum Gasteiger partial charge on any atom is 0.234 e. The van der Waals surface area contributed by atoms with E-state index in [0.29, 0.717) is 32.0 Å². The molecule has 0 atom stereocenters. The van der Waals surface area contributed by atoms with Gasteiger partial charge in [-0.25, -0.2) is 0 Å². The van der Waals surface area contributed by atoms with Crippen LogP contribution in [0.4, 0.5) is 0 Å². The first-order chi connectivity index (χ1) is 8.58. The SMILES string of the molecule is CC1CC(NC(=O)C2(C(N)=NO)CCOCC2)C1. The number of amides is 1. The third kappa shape index (κ3) is 2.29.